The van der Waals surface area contributed by atoms with Gasteiger partial charge in [0.25, 0.3) is 0 Å². The number of phenols is 1. The smallest absolute Gasteiger partial charge is 0.146 e. The van der Waals surface area contributed by atoms with Gasteiger partial charge in [0.05, 0.1) is 0 Å². The van der Waals surface area contributed by atoms with Gasteiger partial charge in [-0.15, -0.1) is 0 Å². The van der Waals surface area contributed by atoms with Crippen molar-refractivity contribution < 1.29 is 14.9 Å². The second kappa shape index (κ2) is 3.42. The van der Waals surface area contributed by atoms with Crippen molar-refractivity contribution in [1.29, 1.82) is 0 Å². The fraction of sp³-hybridized carbons (Fsp3) is 0.143. The van der Waals surface area contributed by atoms with E-state index in [1.54, 1.807) is 24.3 Å². The summed E-state index contributed by atoms with van der Waals surface area (Å²) in [6.07, 6.45) is 4.91. The molecule has 2 N–H and O–H groups in total. The molecule has 1 unspecified atom stereocenters. The Labute approximate surface area is 99.0 Å². The van der Waals surface area contributed by atoms with Crippen LogP contribution >= 0.6 is 0 Å². The molecule has 1 heterocycles. The van der Waals surface area contributed by atoms with Crippen LogP contribution in [0.15, 0.2) is 47.8 Å². The van der Waals surface area contributed by atoms with Crippen LogP contribution in [-0.2, 0) is 0 Å². The van der Waals surface area contributed by atoms with Gasteiger partial charge in [-0.3, -0.25) is 0 Å². The zero-order valence-electron chi connectivity index (χ0n) is 9.34. The highest BCUT2D eigenvalue weighted by Gasteiger charge is 2.26. The van der Waals surface area contributed by atoms with Crippen molar-refractivity contribution in [2.75, 3.05) is 0 Å². The zero-order chi connectivity index (χ0) is 12.0. The average molecular weight is 228 g/mol. The first-order valence-electron chi connectivity index (χ1n) is 5.45. The standard InChI is InChI=1S/C14H12O3/c1-8-11-4-2-9(15)6-13(11)17-14-7-10(16)3-5-12(8)14/h2-7,13,15-16H,1H3. The SMILES string of the molecule is CC1=C2C=CC(O)=CC2Oc2cc(O)ccc21. The van der Waals surface area contributed by atoms with Crippen LogP contribution in [0.4, 0.5) is 0 Å². The maximum Gasteiger partial charge on any atom is 0.146 e. The van der Waals surface area contributed by atoms with E-state index in [0.717, 1.165) is 16.7 Å². The number of hydrogen-bond acceptors (Lipinski definition) is 3. The molecule has 0 fully saturated rings. The Hall–Kier alpha value is -2.16. The number of hydrogen-bond donors (Lipinski definition) is 2. The summed E-state index contributed by atoms with van der Waals surface area (Å²) in [5, 5.41) is 18.9. The number of aliphatic hydroxyl groups is 1. The van der Waals surface area contributed by atoms with Gasteiger partial charge in [-0.2, -0.15) is 0 Å². The molecule has 1 aromatic rings. The van der Waals surface area contributed by atoms with Crippen LogP contribution in [0.25, 0.3) is 5.57 Å². The Balaban J connectivity index is 2.17. The summed E-state index contributed by atoms with van der Waals surface area (Å²) < 4.78 is 5.75. The number of aliphatic hydroxyl groups excluding tert-OH is 1. The summed E-state index contributed by atoms with van der Waals surface area (Å²) >= 11 is 0. The lowest BCUT2D eigenvalue weighted by Gasteiger charge is -2.28. The predicted molar refractivity (Wildman–Crippen MR) is 65.0 cm³/mol. The van der Waals surface area contributed by atoms with Crippen molar-refractivity contribution in [2.45, 2.75) is 13.0 Å². The van der Waals surface area contributed by atoms with Crippen molar-refractivity contribution in [1.82, 2.24) is 0 Å². The van der Waals surface area contributed by atoms with Crippen LogP contribution in [0.3, 0.4) is 0 Å². The van der Waals surface area contributed by atoms with Crippen molar-refractivity contribution in [3.8, 4) is 11.5 Å². The van der Waals surface area contributed by atoms with Crippen LogP contribution in [0.1, 0.15) is 12.5 Å². The number of rotatable bonds is 0. The second-order valence-electron chi connectivity index (χ2n) is 4.22. The highest BCUT2D eigenvalue weighted by molar-refractivity contribution is 5.78. The molecule has 3 heteroatoms. The molecule has 0 spiro atoms. The summed E-state index contributed by atoms with van der Waals surface area (Å²) in [7, 11) is 0. The lowest BCUT2D eigenvalue weighted by atomic mass is 9.91. The van der Waals surface area contributed by atoms with E-state index < -0.39 is 0 Å². The predicted octanol–water partition coefficient (Wildman–Crippen LogP) is 2.94. The third-order valence-corrected chi connectivity index (χ3v) is 3.12. The molecule has 3 nitrogen and oxygen atoms in total. The van der Waals surface area contributed by atoms with E-state index in [1.165, 1.54) is 0 Å². The van der Waals surface area contributed by atoms with E-state index >= 15 is 0 Å². The third kappa shape index (κ3) is 1.51. The Kier molecular flexibility index (Phi) is 2.01. The topological polar surface area (TPSA) is 49.7 Å². The Bertz CT molecular complexity index is 579. The summed E-state index contributed by atoms with van der Waals surface area (Å²) in [6.45, 7) is 2.02. The molecule has 0 radical (unpaired) electrons. The number of fused-ring (bicyclic) bond motifs is 2. The quantitative estimate of drug-likeness (QED) is 0.717. The average Bonchev–Trinajstić information content (AvgIpc) is 2.28. The molecule has 0 aromatic heterocycles. The molecule has 0 saturated carbocycles. The molecular weight excluding hydrogens is 216 g/mol. The lowest BCUT2D eigenvalue weighted by molar-refractivity contribution is 0.271. The highest BCUT2D eigenvalue weighted by Crippen LogP contribution is 2.39. The van der Waals surface area contributed by atoms with E-state index in [1.807, 2.05) is 19.1 Å². The molecule has 1 aromatic carbocycles. The van der Waals surface area contributed by atoms with Gasteiger partial charge < -0.3 is 14.9 Å². The van der Waals surface area contributed by atoms with E-state index in [-0.39, 0.29) is 17.6 Å². The third-order valence-electron chi connectivity index (χ3n) is 3.12. The molecule has 0 amide bonds. The van der Waals surface area contributed by atoms with Gasteiger partial charge in [0.15, 0.2) is 0 Å². The van der Waals surface area contributed by atoms with Crippen LogP contribution in [0.2, 0.25) is 0 Å². The molecule has 1 aliphatic heterocycles. The number of phenolic OH excluding ortho intramolecular Hbond substituents is 1. The van der Waals surface area contributed by atoms with Crippen LogP contribution < -0.4 is 4.74 Å². The largest absolute Gasteiger partial charge is 0.508 e. The van der Waals surface area contributed by atoms with Crippen LogP contribution in [0.5, 0.6) is 11.5 Å². The molecule has 17 heavy (non-hydrogen) atoms. The molecule has 1 aliphatic carbocycles. The molecule has 3 rings (SSSR count). The van der Waals surface area contributed by atoms with Gasteiger partial charge >= 0.3 is 0 Å². The number of allylic oxidation sites excluding steroid dienone is 2. The van der Waals surface area contributed by atoms with Crippen LogP contribution in [-0.4, -0.2) is 16.3 Å². The monoisotopic (exact) mass is 228 g/mol. The Morgan fingerprint density at radius 3 is 2.82 bits per heavy atom. The molecule has 1 atom stereocenters. The second-order valence-corrected chi connectivity index (χ2v) is 4.22. The summed E-state index contributed by atoms with van der Waals surface area (Å²) in [5.74, 6) is 1.03. The first-order chi connectivity index (χ1) is 8.15. The maximum absolute atomic E-state index is 9.46. The van der Waals surface area contributed by atoms with Gasteiger partial charge in [-0.1, -0.05) is 6.08 Å². The number of aromatic hydroxyl groups is 1. The van der Waals surface area contributed by atoms with Gasteiger partial charge in [-0.25, -0.2) is 0 Å². The number of ether oxygens (including phenoxy) is 1. The summed E-state index contributed by atoms with van der Waals surface area (Å²) in [4.78, 5) is 0. The maximum atomic E-state index is 9.46. The normalized spacial score (nSPS) is 21.5. The van der Waals surface area contributed by atoms with Crippen molar-refractivity contribution >= 4 is 5.57 Å². The minimum absolute atomic E-state index is 0.180. The Morgan fingerprint density at radius 2 is 2.00 bits per heavy atom. The first-order valence-corrected chi connectivity index (χ1v) is 5.45. The van der Waals surface area contributed by atoms with E-state index in [2.05, 4.69) is 0 Å². The Morgan fingerprint density at radius 1 is 1.18 bits per heavy atom. The van der Waals surface area contributed by atoms with E-state index in [9.17, 15) is 10.2 Å². The van der Waals surface area contributed by atoms with Crippen molar-refractivity contribution in [3.63, 3.8) is 0 Å². The van der Waals surface area contributed by atoms with E-state index in [0.29, 0.717) is 5.75 Å². The lowest BCUT2D eigenvalue weighted by Crippen LogP contribution is -2.23. The molecule has 86 valence electrons. The molecule has 2 aliphatic rings. The van der Waals surface area contributed by atoms with Crippen molar-refractivity contribution in [2.24, 2.45) is 0 Å². The molecule has 0 saturated heterocycles. The summed E-state index contributed by atoms with van der Waals surface area (Å²) in [6, 6.07) is 5.08. The number of benzene rings is 1. The van der Waals surface area contributed by atoms with Crippen LogP contribution in [0, 0.1) is 0 Å². The van der Waals surface area contributed by atoms with Gasteiger partial charge in [-0.05, 0) is 30.7 Å². The molecular formula is C14H12O3. The highest BCUT2D eigenvalue weighted by atomic mass is 16.5. The minimum atomic E-state index is -0.269. The summed E-state index contributed by atoms with van der Waals surface area (Å²) in [5.41, 5.74) is 3.13. The fourth-order valence-electron chi connectivity index (χ4n) is 2.22. The zero-order valence-corrected chi connectivity index (χ0v) is 9.34. The molecule has 0 bridgehead atoms. The minimum Gasteiger partial charge on any atom is -0.508 e. The van der Waals surface area contributed by atoms with E-state index in [4.69, 9.17) is 4.74 Å². The van der Waals surface area contributed by atoms with Gasteiger partial charge in [0.2, 0.25) is 0 Å². The fourth-order valence-corrected chi connectivity index (χ4v) is 2.22. The van der Waals surface area contributed by atoms with Gasteiger partial charge in [0.1, 0.15) is 23.4 Å². The first kappa shape index (κ1) is 10.0. The van der Waals surface area contributed by atoms with Gasteiger partial charge in [0, 0.05) is 23.3 Å². The van der Waals surface area contributed by atoms with Crippen molar-refractivity contribution in [3.05, 3.63) is 53.3 Å².